The number of hydrogen-bond acceptors (Lipinski definition) is 7. The van der Waals surface area contributed by atoms with E-state index in [1.165, 1.54) is 4.57 Å². The molecule has 0 amide bonds. The van der Waals surface area contributed by atoms with E-state index in [4.69, 9.17) is 4.52 Å². The van der Waals surface area contributed by atoms with Gasteiger partial charge in [-0.25, -0.2) is 4.79 Å². The third kappa shape index (κ3) is 5.48. The first-order chi connectivity index (χ1) is 15.1. The van der Waals surface area contributed by atoms with Gasteiger partial charge in [0.2, 0.25) is 0 Å². The zero-order valence-electron chi connectivity index (χ0n) is 17.4. The third-order valence-corrected chi connectivity index (χ3v) is 5.66. The van der Waals surface area contributed by atoms with Gasteiger partial charge in [-0.1, -0.05) is 65.8 Å². The van der Waals surface area contributed by atoms with Crippen molar-refractivity contribution >= 4 is 0 Å². The second kappa shape index (κ2) is 10.0. The number of β-amino-alcohol motifs (C(OH)–C–C–N with tert-alkyl or cyclic N) is 2. The van der Waals surface area contributed by atoms with Gasteiger partial charge in [-0.05, 0) is 5.56 Å². The molecule has 2 unspecified atom stereocenters. The molecule has 31 heavy (non-hydrogen) atoms. The van der Waals surface area contributed by atoms with Gasteiger partial charge in [-0.3, -0.25) is 18.9 Å². The van der Waals surface area contributed by atoms with Crippen molar-refractivity contribution in [2.24, 2.45) is 0 Å². The molecule has 1 aliphatic heterocycles. The van der Waals surface area contributed by atoms with Gasteiger partial charge in [0.15, 0.2) is 5.82 Å². The van der Waals surface area contributed by atoms with E-state index in [0.29, 0.717) is 18.9 Å². The minimum absolute atomic E-state index is 0.125. The van der Waals surface area contributed by atoms with Crippen molar-refractivity contribution in [2.45, 2.75) is 18.8 Å². The van der Waals surface area contributed by atoms with Crippen molar-refractivity contribution in [3.8, 4) is 11.4 Å². The normalized spacial score (nSPS) is 17.5. The first kappa shape index (κ1) is 21.5. The summed E-state index contributed by atoms with van der Waals surface area (Å²) in [5.41, 5.74) is 1.69. The molecular formula is C23H28N4O4. The minimum Gasteiger partial charge on any atom is -0.390 e. The van der Waals surface area contributed by atoms with Gasteiger partial charge in [0.05, 0.1) is 18.8 Å². The summed E-state index contributed by atoms with van der Waals surface area (Å²) in [4.78, 5) is 16.5. The second-order valence-electron chi connectivity index (χ2n) is 7.93. The molecule has 0 aliphatic carbocycles. The van der Waals surface area contributed by atoms with Crippen LogP contribution in [0, 0.1) is 0 Å². The van der Waals surface area contributed by atoms with E-state index in [2.05, 4.69) is 15.0 Å². The highest BCUT2D eigenvalue weighted by Gasteiger charge is 2.23. The van der Waals surface area contributed by atoms with Crippen molar-refractivity contribution in [1.29, 1.82) is 0 Å². The van der Waals surface area contributed by atoms with Gasteiger partial charge in [0.1, 0.15) is 0 Å². The SMILES string of the molecule is O=c1onc(-c2ccccc2)n1CC(O)CN1CCN(CC(O)c2ccccc2)CC1. The van der Waals surface area contributed by atoms with Gasteiger partial charge >= 0.3 is 5.76 Å². The molecule has 3 aromatic rings. The summed E-state index contributed by atoms with van der Waals surface area (Å²) in [6.07, 6.45) is -1.23. The number of aromatic nitrogens is 2. The maximum Gasteiger partial charge on any atom is 0.441 e. The molecule has 8 nitrogen and oxygen atoms in total. The monoisotopic (exact) mass is 424 g/mol. The summed E-state index contributed by atoms with van der Waals surface area (Å²) in [5, 5.41) is 24.9. The van der Waals surface area contributed by atoms with Crippen molar-refractivity contribution in [3.05, 3.63) is 76.8 Å². The summed E-state index contributed by atoms with van der Waals surface area (Å²) in [7, 11) is 0. The standard InChI is InChI=1S/C23H28N4O4/c28-20(16-27-22(24-31-23(27)30)19-9-5-2-6-10-19)15-25-11-13-26(14-12-25)17-21(29)18-7-3-1-4-8-18/h1-10,20-21,28-29H,11-17H2. The Morgan fingerprint density at radius 1 is 0.839 bits per heavy atom. The molecule has 2 aromatic carbocycles. The molecule has 8 heteroatoms. The van der Waals surface area contributed by atoms with Crippen LogP contribution < -0.4 is 5.76 Å². The molecule has 2 atom stereocenters. The fourth-order valence-corrected chi connectivity index (χ4v) is 3.97. The predicted molar refractivity (Wildman–Crippen MR) is 116 cm³/mol. The average molecular weight is 425 g/mol. The number of benzene rings is 2. The first-order valence-electron chi connectivity index (χ1n) is 10.6. The number of nitrogens with zero attached hydrogens (tertiary/aromatic N) is 4. The van der Waals surface area contributed by atoms with Crippen LogP contribution in [0.1, 0.15) is 11.7 Å². The fourth-order valence-electron chi connectivity index (χ4n) is 3.97. The number of hydrogen-bond donors (Lipinski definition) is 2. The molecule has 0 bridgehead atoms. The summed E-state index contributed by atoms with van der Waals surface area (Å²) in [6.45, 7) is 4.40. The van der Waals surface area contributed by atoms with Crippen LogP contribution in [-0.4, -0.2) is 75.1 Å². The van der Waals surface area contributed by atoms with Crippen LogP contribution in [-0.2, 0) is 6.54 Å². The van der Waals surface area contributed by atoms with E-state index in [0.717, 1.165) is 37.3 Å². The van der Waals surface area contributed by atoms with Gasteiger partial charge < -0.3 is 10.2 Å². The molecule has 1 fully saturated rings. The Hall–Kier alpha value is -2.78. The number of rotatable bonds is 8. The highest BCUT2D eigenvalue weighted by Crippen LogP contribution is 2.17. The Kier molecular flexibility index (Phi) is 6.93. The average Bonchev–Trinajstić information content (AvgIpc) is 3.16. The Balaban J connectivity index is 1.28. The molecule has 0 radical (unpaired) electrons. The van der Waals surface area contributed by atoms with E-state index < -0.39 is 18.0 Å². The Morgan fingerprint density at radius 2 is 1.42 bits per heavy atom. The summed E-state index contributed by atoms with van der Waals surface area (Å²) < 4.78 is 6.21. The molecule has 2 N–H and O–H groups in total. The molecule has 1 aliphatic rings. The van der Waals surface area contributed by atoms with Crippen LogP contribution in [0.25, 0.3) is 11.4 Å². The van der Waals surface area contributed by atoms with Gasteiger partial charge in [0.25, 0.3) is 0 Å². The number of aliphatic hydroxyl groups excluding tert-OH is 2. The lowest BCUT2D eigenvalue weighted by Gasteiger charge is -2.36. The van der Waals surface area contributed by atoms with Crippen LogP contribution in [0.2, 0.25) is 0 Å². The zero-order chi connectivity index (χ0) is 21.6. The van der Waals surface area contributed by atoms with Crippen LogP contribution in [0.5, 0.6) is 0 Å². The van der Waals surface area contributed by atoms with E-state index >= 15 is 0 Å². The molecular weight excluding hydrogens is 396 g/mol. The lowest BCUT2D eigenvalue weighted by molar-refractivity contribution is 0.0436. The van der Waals surface area contributed by atoms with E-state index in [-0.39, 0.29) is 6.54 Å². The highest BCUT2D eigenvalue weighted by molar-refractivity contribution is 5.54. The minimum atomic E-state index is -0.721. The molecule has 164 valence electrons. The van der Waals surface area contributed by atoms with E-state index in [1.54, 1.807) is 0 Å². The Morgan fingerprint density at radius 3 is 2.06 bits per heavy atom. The Labute approximate surface area is 180 Å². The van der Waals surface area contributed by atoms with Crippen molar-refractivity contribution in [1.82, 2.24) is 19.5 Å². The zero-order valence-corrected chi connectivity index (χ0v) is 17.4. The van der Waals surface area contributed by atoms with Crippen molar-refractivity contribution < 1.29 is 14.7 Å². The van der Waals surface area contributed by atoms with Gasteiger partial charge in [-0.2, -0.15) is 0 Å². The first-order valence-corrected chi connectivity index (χ1v) is 10.6. The van der Waals surface area contributed by atoms with Crippen LogP contribution in [0.15, 0.2) is 70.0 Å². The van der Waals surface area contributed by atoms with Crippen LogP contribution >= 0.6 is 0 Å². The quantitative estimate of drug-likeness (QED) is 0.561. The second-order valence-corrected chi connectivity index (χ2v) is 7.93. The summed E-state index contributed by atoms with van der Waals surface area (Å²) in [5.74, 6) is -0.151. The number of aliphatic hydroxyl groups is 2. The summed E-state index contributed by atoms with van der Waals surface area (Å²) >= 11 is 0. The van der Waals surface area contributed by atoms with Crippen molar-refractivity contribution in [2.75, 3.05) is 39.3 Å². The predicted octanol–water partition coefficient (Wildman–Crippen LogP) is 1.22. The lowest BCUT2D eigenvalue weighted by atomic mass is 10.1. The lowest BCUT2D eigenvalue weighted by Crippen LogP contribution is -2.50. The van der Waals surface area contributed by atoms with Crippen molar-refractivity contribution in [3.63, 3.8) is 0 Å². The largest absolute Gasteiger partial charge is 0.441 e. The third-order valence-electron chi connectivity index (χ3n) is 5.66. The Bertz CT molecular complexity index is 997. The summed E-state index contributed by atoms with van der Waals surface area (Å²) in [6, 6.07) is 19.0. The molecule has 4 rings (SSSR count). The molecule has 2 heterocycles. The molecule has 1 aromatic heterocycles. The van der Waals surface area contributed by atoms with Crippen LogP contribution in [0.4, 0.5) is 0 Å². The molecule has 0 spiro atoms. The maximum absolute atomic E-state index is 12.1. The number of piperazine rings is 1. The topological polar surface area (TPSA) is 95.0 Å². The molecule has 1 saturated heterocycles. The highest BCUT2D eigenvalue weighted by atomic mass is 16.5. The smallest absolute Gasteiger partial charge is 0.390 e. The molecule has 0 saturated carbocycles. The fraction of sp³-hybridized carbons (Fsp3) is 0.391. The van der Waals surface area contributed by atoms with E-state index in [9.17, 15) is 15.0 Å². The van der Waals surface area contributed by atoms with Gasteiger partial charge in [-0.15, -0.1) is 0 Å². The van der Waals surface area contributed by atoms with E-state index in [1.807, 2.05) is 60.7 Å². The maximum atomic E-state index is 12.1. The van der Waals surface area contributed by atoms with Gasteiger partial charge in [0, 0.05) is 44.8 Å². The van der Waals surface area contributed by atoms with Crippen LogP contribution in [0.3, 0.4) is 0 Å².